The lowest BCUT2D eigenvalue weighted by molar-refractivity contribution is -0.118. The zero-order valence-electron chi connectivity index (χ0n) is 15.2. The van der Waals surface area contributed by atoms with E-state index in [9.17, 15) is 4.79 Å². The molecule has 144 valence electrons. The second-order valence-electron chi connectivity index (χ2n) is 7.18. The smallest absolute Gasteiger partial charge is 0.217 e. The van der Waals surface area contributed by atoms with Crippen molar-refractivity contribution < 1.29 is 4.79 Å². The number of hydrogen-bond acceptors (Lipinski definition) is 4. The van der Waals surface area contributed by atoms with Crippen molar-refractivity contribution in [3.8, 4) is 11.1 Å². The van der Waals surface area contributed by atoms with Gasteiger partial charge in [-0.25, -0.2) is 9.97 Å². The van der Waals surface area contributed by atoms with Crippen LogP contribution >= 0.6 is 23.2 Å². The molecule has 2 heterocycles. The van der Waals surface area contributed by atoms with E-state index in [0.29, 0.717) is 16.5 Å². The summed E-state index contributed by atoms with van der Waals surface area (Å²) in [5.74, 6) is 0.863. The topological polar surface area (TPSA) is 72.1 Å². The number of hydrogen-bond donors (Lipinski definition) is 1. The minimum Gasteiger partial charge on any atom is -0.370 e. The molecule has 7 heteroatoms. The molecule has 1 fully saturated rings. The maximum atomic E-state index is 11.3. The number of aromatic nitrogens is 2. The quantitative estimate of drug-likeness (QED) is 0.671. The molecule has 0 bridgehead atoms. The summed E-state index contributed by atoms with van der Waals surface area (Å²) >= 11 is 12.6. The molecule has 5 nitrogen and oxygen atoms in total. The molecule has 4 rings (SSSR count). The Hall–Kier alpha value is -2.37. The number of benzene rings is 2. The van der Waals surface area contributed by atoms with Gasteiger partial charge in [-0.05, 0) is 48.6 Å². The maximum absolute atomic E-state index is 11.3. The third-order valence-electron chi connectivity index (χ3n) is 5.17. The number of amides is 1. The number of nitrogens with zero attached hydrogens (tertiary/aromatic N) is 3. The fraction of sp³-hybridized carbons (Fsp3) is 0.286. The SMILES string of the molecule is NC(=O)CC1CCCN(c2ncnc3cc(Cl)c(-c4ccc(Cl)cc4)cc23)C1. The number of rotatable bonds is 4. The number of primary amides is 1. The van der Waals surface area contributed by atoms with Crippen LogP contribution < -0.4 is 10.6 Å². The highest BCUT2D eigenvalue weighted by molar-refractivity contribution is 6.34. The second kappa shape index (κ2) is 7.94. The van der Waals surface area contributed by atoms with Crippen LogP contribution in [0.15, 0.2) is 42.7 Å². The highest BCUT2D eigenvalue weighted by Crippen LogP contribution is 2.36. The van der Waals surface area contributed by atoms with Crippen LogP contribution in [0, 0.1) is 5.92 Å². The van der Waals surface area contributed by atoms with Crippen LogP contribution in [0.1, 0.15) is 19.3 Å². The van der Waals surface area contributed by atoms with Crippen LogP contribution in [0.3, 0.4) is 0 Å². The largest absolute Gasteiger partial charge is 0.370 e. The fourth-order valence-corrected chi connectivity index (χ4v) is 4.27. The van der Waals surface area contributed by atoms with Crippen LogP contribution in [0.2, 0.25) is 10.0 Å². The molecule has 0 spiro atoms. The third-order valence-corrected chi connectivity index (χ3v) is 5.73. The van der Waals surface area contributed by atoms with Gasteiger partial charge in [0.15, 0.2) is 0 Å². The fourth-order valence-electron chi connectivity index (χ4n) is 3.88. The third kappa shape index (κ3) is 3.91. The van der Waals surface area contributed by atoms with E-state index < -0.39 is 0 Å². The number of piperidine rings is 1. The van der Waals surface area contributed by atoms with E-state index in [1.165, 1.54) is 0 Å². The van der Waals surface area contributed by atoms with Crippen molar-refractivity contribution in [2.75, 3.05) is 18.0 Å². The van der Waals surface area contributed by atoms with Crippen LogP contribution in [0.5, 0.6) is 0 Å². The molecule has 1 aromatic heterocycles. The van der Waals surface area contributed by atoms with Gasteiger partial charge in [-0.1, -0.05) is 35.3 Å². The minimum atomic E-state index is -0.254. The van der Waals surface area contributed by atoms with Crippen LogP contribution in [-0.2, 0) is 4.79 Å². The molecule has 3 aromatic rings. The summed E-state index contributed by atoms with van der Waals surface area (Å²) < 4.78 is 0. The second-order valence-corrected chi connectivity index (χ2v) is 8.02. The zero-order chi connectivity index (χ0) is 19.7. The van der Waals surface area contributed by atoms with E-state index >= 15 is 0 Å². The van der Waals surface area contributed by atoms with Crippen molar-refractivity contribution in [3.05, 3.63) is 52.8 Å². The molecule has 1 saturated heterocycles. The maximum Gasteiger partial charge on any atom is 0.217 e. The van der Waals surface area contributed by atoms with Gasteiger partial charge in [0.2, 0.25) is 5.91 Å². The first kappa shape index (κ1) is 19.0. The predicted octanol–water partition coefficient (Wildman–Crippen LogP) is 4.70. The Morgan fingerprint density at radius 1 is 1.18 bits per heavy atom. The standard InChI is InChI=1S/C21H20Cl2N4O/c22-15-5-3-14(4-6-15)16-9-17-19(10-18(16)23)25-12-26-21(17)27-7-1-2-13(11-27)8-20(24)28/h3-6,9-10,12-13H,1-2,7-8,11H2,(H2,24,28). The van der Waals surface area contributed by atoms with Gasteiger partial charge in [-0.15, -0.1) is 0 Å². The van der Waals surface area contributed by atoms with E-state index in [2.05, 4.69) is 14.9 Å². The first-order chi connectivity index (χ1) is 13.5. The zero-order valence-corrected chi connectivity index (χ0v) is 16.7. The van der Waals surface area contributed by atoms with Crippen molar-refractivity contribution >= 4 is 45.8 Å². The summed E-state index contributed by atoms with van der Waals surface area (Å²) in [6, 6.07) is 11.5. The Balaban J connectivity index is 1.75. The Morgan fingerprint density at radius 2 is 1.96 bits per heavy atom. The molecule has 1 amide bonds. The highest BCUT2D eigenvalue weighted by atomic mass is 35.5. The van der Waals surface area contributed by atoms with Crippen molar-refractivity contribution in [3.63, 3.8) is 0 Å². The Bertz CT molecular complexity index is 1020. The number of halogens is 2. The highest BCUT2D eigenvalue weighted by Gasteiger charge is 2.24. The molecule has 0 saturated carbocycles. The lowest BCUT2D eigenvalue weighted by Gasteiger charge is -2.33. The van der Waals surface area contributed by atoms with Crippen LogP contribution in [0.25, 0.3) is 22.0 Å². The lowest BCUT2D eigenvalue weighted by atomic mass is 9.94. The van der Waals surface area contributed by atoms with E-state index in [4.69, 9.17) is 28.9 Å². The normalized spacial score (nSPS) is 17.1. The Labute approximate surface area is 173 Å². The molecule has 1 aliphatic rings. The Morgan fingerprint density at radius 3 is 2.71 bits per heavy atom. The van der Waals surface area contributed by atoms with Crippen molar-refractivity contribution in [2.45, 2.75) is 19.3 Å². The number of fused-ring (bicyclic) bond motifs is 1. The molecule has 0 radical (unpaired) electrons. The summed E-state index contributed by atoms with van der Waals surface area (Å²) in [6.45, 7) is 1.65. The van der Waals surface area contributed by atoms with Gasteiger partial charge in [0.05, 0.1) is 10.5 Å². The first-order valence-corrected chi connectivity index (χ1v) is 10.0. The van der Waals surface area contributed by atoms with Crippen molar-refractivity contribution in [1.82, 2.24) is 9.97 Å². The summed E-state index contributed by atoms with van der Waals surface area (Å²) in [5.41, 5.74) is 8.09. The molecule has 1 atom stereocenters. The lowest BCUT2D eigenvalue weighted by Crippen LogP contribution is -2.37. The van der Waals surface area contributed by atoms with Gasteiger partial charge in [0, 0.05) is 35.5 Å². The molecule has 0 aliphatic carbocycles. The average molecular weight is 415 g/mol. The van der Waals surface area contributed by atoms with Gasteiger partial charge in [-0.3, -0.25) is 4.79 Å². The van der Waals surface area contributed by atoms with E-state index in [0.717, 1.165) is 53.8 Å². The number of anilines is 1. The molecule has 2 aromatic carbocycles. The molecular formula is C21H20Cl2N4O. The van der Waals surface area contributed by atoms with Gasteiger partial charge < -0.3 is 10.6 Å². The van der Waals surface area contributed by atoms with Crippen LogP contribution in [0.4, 0.5) is 5.82 Å². The number of nitrogens with two attached hydrogens (primary N) is 1. The van der Waals surface area contributed by atoms with Gasteiger partial charge in [-0.2, -0.15) is 0 Å². The molecule has 1 aliphatic heterocycles. The summed E-state index contributed by atoms with van der Waals surface area (Å²) in [6.07, 6.45) is 3.97. The van der Waals surface area contributed by atoms with Crippen LogP contribution in [-0.4, -0.2) is 29.0 Å². The molecule has 2 N–H and O–H groups in total. The van der Waals surface area contributed by atoms with Crippen molar-refractivity contribution in [2.24, 2.45) is 11.7 Å². The first-order valence-electron chi connectivity index (χ1n) is 9.24. The summed E-state index contributed by atoms with van der Waals surface area (Å²) in [7, 11) is 0. The summed E-state index contributed by atoms with van der Waals surface area (Å²) in [5, 5.41) is 2.25. The molecular weight excluding hydrogens is 395 g/mol. The van der Waals surface area contributed by atoms with E-state index in [-0.39, 0.29) is 11.8 Å². The minimum absolute atomic E-state index is 0.249. The number of carbonyl (C=O) groups excluding carboxylic acids is 1. The van der Waals surface area contributed by atoms with Gasteiger partial charge >= 0.3 is 0 Å². The monoisotopic (exact) mass is 414 g/mol. The number of carbonyl (C=O) groups is 1. The molecule has 1 unspecified atom stereocenters. The van der Waals surface area contributed by atoms with Gasteiger partial charge in [0.1, 0.15) is 12.1 Å². The van der Waals surface area contributed by atoms with Gasteiger partial charge in [0.25, 0.3) is 0 Å². The molecule has 28 heavy (non-hydrogen) atoms. The van der Waals surface area contributed by atoms with Crippen molar-refractivity contribution in [1.29, 1.82) is 0 Å². The average Bonchev–Trinajstić information content (AvgIpc) is 2.67. The Kier molecular flexibility index (Phi) is 5.38. The van der Waals surface area contributed by atoms with E-state index in [1.54, 1.807) is 6.33 Å². The van der Waals surface area contributed by atoms with E-state index in [1.807, 2.05) is 36.4 Å². The summed E-state index contributed by atoms with van der Waals surface area (Å²) in [4.78, 5) is 22.5. The predicted molar refractivity (Wildman–Crippen MR) is 114 cm³/mol.